The highest BCUT2D eigenvalue weighted by Crippen LogP contribution is 2.19. The Hall–Kier alpha value is -2.36. The molecule has 0 aliphatic heterocycles. The van der Waals surface area contributed by atoms with E-state index in [1.54, 1.807) is 12.4 Å². The van der Waals surface area contributed by atoms with E-state index < -0.39 is 0 Å². The van der Waals surface area contributed by atoms with Crippen molar-refractivity contribution >= 4 is 5.91 Å². The summed E-state index contributed by atoms with van der Waals surface area (Å²) in [7, 11) is 0. The average molecular weight is 296 g/mol. The van der Waals surface area contributed by atoms with E-state index in [0.29, 0.717) is 18.2 Å². The predicted octanol–water partition coefficient (Wildman–Crippen LogP) is 3.33. The van der Waals surface area contributed by atoms with Gasteiger partial charge in [0.15, 0.2) is 0 Å². The Morgan fingerprint density at radius 2 is 1.95 bits per heavy atom. The molecule has 3 rings (SSSR count). The van der Waals surface area contributed by atoms with Crippen molar-refractivity contribution in [2.45, 2.75) is 38.3 Å². The van der Waals surface area contributed by atoms with Gasteiger partial charge in [-0.15, -0.1) is 0 Å². The third kappa shape index (κ3) is 3.85. The van der Waals surface area contributed by atoms with Crippen molar-refractivity contribution in [3.8, 4) is 5.75 Å². The summed E-state index contributed by atoms with van der Waals surface area (Å²) in [6, 6.07) is 11.5. The lowest BCUT2D eigenvalue weighted by atomic mass is 10.1. The highest BCUT2D eigenvalue weighted by molar-refractivity contribution is 5.94. The summed E-state index contributed by atoms with van der Waals surface area (Å²) < 4.78 is 5.69. The number of ether oxygens (including phenoxy) is 1. The summed E-state index contributed by atoms with van der Waals surface area (Å²) >= 11 is 0. The molecular formula is C18H20N2O2. The van der Waals surface area contributed by atoms with Crippen LogP contribution in [-0.2, 0) is 6.61 Å². The van der Waals surface area contributed by atoms with E-state index in [9.17, 15) is 4.79 Å². The van der Waals surface area contributed by atoms with E-state index >= 15 is 0 Å². The van der Waals surface area contributed by atoms with E-state index in [2.05, 4.69) is 10.3 Å². The average Bonchev–Trinajstić information content (AvgIpc) is 3.07. The fraction of sp³-hybridized carbons (Fsp3) is 0.333. The normalized spacial score (nSPS) is 14.7. The van der Waals surface area contributed by atoms with Crippen molar-refractivity contribution in [3.63, 3.8) is 0 Å². The minimum absolute atomic E-state index is 0.00529. The maximum atomic E-state index is 12.1. The van der Waals surface area contributed by atoms with Crippen LogP contribution in [0.3, 0.4) is 0 Å². The van der Waals surface area contributed by atoms with E-state index in [4.69, 9.17) is 4.74 Å². The molecule has 1 aliphatic rings. The van der Waals surface area contributed by atoms with E-state index in [1.165, 1.54) is 12.8 Å². The first kappa shape index (κ1) is 14.6. The first-order chi connectivity index (χ1) is 10.8. The zero-order chi connectivity index (χ0) is 15.2. The molecule has 0 unspecified atom stereocenters. The second-order valence-electron chi connectivity index (χ2n) is 5.63. The summed E-state index contributed by atoms with van der Waals surface area (Å²) in [5, 5.41) is 3.08. The minimum Gasteiger partial charge on any atom is -0.489 e. The Kier molecular flexibility index (Phi) is 4.68. The quantitative estimate of drug-likeness (QED) is 0.920. The first-order valence-corrected chi connectivity index (χ1v) is 7.74. The summed E-state index contributed by atoms with van der Waals surface area (Å²) in [5.41, 5.74) is 1.70. The maximum absolute atomic E-state index is 12.1. The molecule has 4 heteroatoms. The lowest BCUT2D eigenvalue weighted by molar-refractivity contribution is 0.0938. The number of rotatable bonds is 5. The van der Waals surface area contributed by atoms with Gasteiger partial charge < -0.3 is 10.1 Å². The number of aromatic nitrogens is 1. The van der Waals surface area contributed by atoms with Crippen LogP contribution < -0.4 is 10.1 Å². The number of amides is 1. The number of carbonyl (C=O) groups excluding carboxylic acids is 1. The summed E-state index contributed by atoms with van der Waals surface area (Å²) in [4.78, 5) is 16.2. The van der Waals surface area contributed by atoms with Gasteiger partial charge >= 0.3 is 0 Å². The second kappa shape index (κ2) is 7.07. The van der Waals surface area contributed by atoms with Gasteiger partial charge in [-0.3, -0.25) is 9.78 Å². The molecule has 0 spiro atoms. The minimum atomic E-state index is 0.00529. The Bertz CT molecular complexity index is 605. The Morgan fingerprint density at radius 3 is 2.64 bits per heavy atom. The molecule has 1 N–H and O–H groups in total. The van der Waals surface area contributed by atoms with Crippen LogP contribution in [0.15, 0.2) is 48.8 Å². The molecule has 1 aromatic heterocycles. The number of nitrogens with zero attached hydrogens (tertiary/aromatic N) is 1. The highest BCUT2D eigenvalue weighted by Gasteiger charge is 2.17. The van der Waals surface area contributed by atoms with Crippen LogP contribution in [-0.4, -0.2) is 16.9 Å². The van der Waals surface area contributed by atoms with E-state index in [-0.39, 0.29) is 5.91 Å². The lowest BCUT2D eigenvalue weighted by Gasteiger charge is -2.12. The standard InChI is InChI=1S/C18H20N2O2/c21-18(20-16-5-1-2-6-16)15-7-9-17(10-8-15)22-13-14-4-3-11-19-12-14/h3-4,7-12,16H,1-2,5-6,13H2,(H,20,21). The van der Waals surface area contributed by atoms with Crippen molar-refractivity contribution in [2.24, 2.45) is 0 Å². The summed E-state index contributed by atoms with van der Waals surface area (Å²) in [6.07, 6.45) is 8.14. The van der Waals surface area contributed by atoms with Crippen LogP contribution in [0.1, 0.15) is 41.6 Å². The fourth-order valence-electron chi connectivity index (χ4n) is 2.69. The molecule has 1 aromatic carbocycles. The third-order valence-corrected chi connectivity index (χ3v) is 3.94. The maximum Gasteiger partial charge on any atom is 0.251 e. The van der Waals surface area contributed by atoms with Crippen LogP contribution in [0.4, 0.5) is 0 Å². The van der Waals surface area contributed by atoms with E-state index in [0.717, 1.165) is 24.2 Å². The Labute approximate surface area is 130 Å². The molecule has 0 radical (unpaired) electrons. The number of benzene rings is 1. The molecule has 22 heavy (non-hydrogen) atoms. The zero-order valence-corrected chi connectivity index (χ0v) is 12.5. The molecule has 2 aromatic rings. The van der Waals surface area contributed by atoms with Gasteiger partial charge in [0.25, 0.3) is 5.91 Å². The van der Waals surface area contributed by atoms with Crippen molar-refractivity contribution < 1.29 is 9.53 Å². The number of hydrogen-bond acceptors (Lipinski definition) is 3. The molecule has 0 saturated heterocycles. The molecule has 1 heterocycles. The SMILES string of the molecule is O=C(NC1CCCC1)c1ccc(OCc2cccnc2)cc1. The Morgan fingerprint density at radius 1 is 1.18 bits per heavy atom. The van der Waals surface area contributed by atoms with Crippen molar-refractivity contribution in [3.05, 3.63) is 59.9 Å². The molecular weight excluding hydrogens is 276 g/mol. The molecule has 1 amide bonds. The van der Waals surface area contributed by atoms with Crippen LogP contribution in [0, 0.1) is 0 Å². The van der Waals surface area contributed by atoms with Gasteiger partial charge in [-0.2, -0.15) is 0 Å². The van der Waals surface area contributed by atoms with Gasteiger partial charge in [0.1, 0.15) is 12.4 Å². The number of hydrogen-bond donors (Lipinski definition) is 1. The lowest BCUT2D eigenvalue weighted by Crippen LogP contribution is -2.32. The van der Waals surface area contributed by atoms with E-state index in [1.807, 2.05) is 36.4 Å². The van der Waals surface area contributed by atoms with Crippen molar-refractivity contribution in [1.29, 1.82) is 0 Å². The molecule has 4 nitrogen and oxygen atoms in total. The monoisotopic (exact) mass is 296 g/mol. The molecule has 114 valence electrons. The van der Waals surface area contributed by atoms with Crippen LogP contribution in [0.5, 0.6) is 5.75 Å². The smallest absolute Gasteiger partial charge is 0.251 e. The number of nitrogens with one attached hydrogen (secondary N) is 1. The van der Waals surface area contributed by atoms with Gasteiger partial charge in [-0.1, -0.05) is 18.9 Å². The van der Waals surface area contributed by atoms with Crippen LogP contribution >= 0.6 is 0 Å². The topological polar surface area (TPSA) is 51.2 Å². The van der Waals surface area contributed by atoms with Gasteiger partial charge in [0.05, 0.1) is 0 Å². The first-order valence-electron chi connectivity index (χ1n) is 7.74. The fourth-order valence-corrected chi connectivity index (χ4v) is 2.69. The molecule has 0 atom stereocenters. The van der Waals surface area contributed by atoms with Gasteiger partial charge in [0, 0.05) is 29.6 Å². The third-order valence-electron chi connectivity index (χ3n) is 3.94. The number of carbonyl (C=O) groups is 1. The van der Waals surface area contributed by atoms with Crippen molar-refractivity contribution in [1.82, 2.24) is 10.3 Å². The molecule has 1 fully saturated rings. The Balaban J connectivity index is 1.54. The largest absolute Gasteiger partial charge is 0.489 e. The summed E-state index contributed by atoms with van der Waals surface area (Å²) in [5.74, 6) is 0.756. The molecule has 1 saturated carbocycles. The highest BCUT2D eigenvalue weighted by atomic mass is 16.5. The second-order valence-corrected chi connectivity index (χ2v) is 5.63. The van der Waals surface area contributed by atoms with Crippen LogP contribution in [0.2, 0.25) is 0 Å². The molecule has 1 aliphatic carbocycles. The molecule has 0 bridgehead atoms. The van der Waals surface area contributed by atoms with Gasteiger partial charge in [0.2, 0.25) is 0 Å². The summed E-state index contributed by atoms with van der Waals surface area (Å²) in [6.45, 7) is 0.474. The van der Waals surface area contributed by atoms with Crippen molar-refractivity contribution in [2.75, 3.05) is 0 Å². The van der Waals surface area contributed by atoms with Gasteiger partial charge in [-0.05, 0) is 43.2 Å². The van der Waals surface area contributed by atoms with Gasteiger partial charge in [-0.25, -0.2) is 0 Å². The zero-order valence-electron chi connectivity index (χ0n) is 12.5. The number of pyridine rings is 1. The van der Waals surface area contributed by atoms with Crippen LogP contribution in [0.25, 0.3) is 0 Å². The predicted molar refractivity (Wildman–Crippen MR) is 84.7 cm³/mol.